The van der Waals surface area contributed by atoms with E-state index in [1.807, 2.05) is 0 Å². The molecular weight excluding hydrogens is 172 g/mol. The summed E-state index contributed by atoms with van der Waals surface area (Å²) in [7, 11) is 0. The van der Waals surface area contributed by atoms with E-state index in [1.54, 1.807) is 0 Å². The van der Waals surface area contributed by atoms with Gasteiger partial charge in [-0.15, -0.1) is 0 Å². The number of hydrogen-bond donors (Lipinski definition) is 0. The molecule has 0 N–H and O–H groups in total. The highest BCUT2D eigenvalue weighted by Crippen LogP contribution is 2.44. The van der Waals surface area contributed by atoms with Gasteiger partial charge in [-0.25, -0.2) is 0 Å². The maximum Gasteiger partial charge on any atom is 0.136 e. The van der Waals surface area contributed by atoms with Gasteiger partial charge in [0.15, 0.2) is 0 Å². The van der Waals surface area contributed by atoms with Crippen LogP contribution < -0.4 is 0 Å². The molecule has 0 radical (unpaired) electrons. The van der Waals surface area contributed by atoms with Crippen LogP contribution in [0.1, 0.15) is 40.0 Å². The minimum Gasteiger partial charge on any atom is -0.197 e. The van der Waals surface area contributed by atoms with Crippen molar-refractivity contribution in [3.8, 4) is 12.1 Å². The third kappa shape index (κ3) is 2.48. The summed E-state index contributed by atoms with van der Waals surface area (Å²) in [6.45, 7) is 6.70. The molecule has 0 aliphatic heterocycles. The predicted octanol–water partition coefficient (Wildman–Crippen LogP) is 3.11. The molecular formula is C12H18N2. The first-order valence-corrected chi connectivity index (χ1v) is 5.28. The van der Waals surface area contributed by atoms with Gasteiger partial charge in [0.1, 0.15) is 5.92 Å². The summed E-state index contributed by atoms with van der Waals surface area (Å²) < 4.78 is 0. The Morgan fingerprint density at radius 2 is 1.79 bits per heavy atom. The first kappa shape index (κ1) is 11.1. The quantitative estimate of drug-likeness (QED) is 0.637. The van der Waals surface area contributed by atoms with Crippen LogP contribution in [0.3, 0.4) is 0 Å². The van der Waals surface area contributed by atoms with Crippen LogP contribution in [0, 0.1) is 45.8 Å². The highest BCUT2D eigenvalue weighted by atomic mass is 14.4. The largest absolute Gasteiger partial charge is 0.197 e. The number of nitriles is 2. The van der Waals surface area contributed by atoms with Gasteiger partial charge in [0.05, 0.1) is 12.1 Å². The van der Waals surface area contributed by atoms with Crippen molar-refractivity contribution in [3.63, 3.8) is 0 Å². The van der Waals surface area contributed by atoms with Crippen molar-refractivity contribution in [2.24, 2.45) is 23.2 Å². The zero-order valence-corrected chi connectivity index (χ0v) is 9.25. The molecule has 0 aromatic heterocycles. The van der Waals surface area contributed by atoms with Gasteiger partial charge in [-0.05, 0) is 36.5 Å². The van der Waals surface area contributed by atoms with Crippen LogP contribution >= 0.6 is 0 Å². The average Bonchev–Trinajstić information content (AvgIpc) is 2.02. The normalized spacial score (nSPS) is 30.7. The molecule has 1 rings (SSSR count). The fraction of sp³-hybridized carbons (Fsp3) is 0.833. The molecule has 0 aromatic carbocycles. The standard InChI is InChI=1S/C12H18N2/c1-9-4-10(11(7-13)8-14)6-12(2,3)5-9/h9-11H,4-6H2,1-3H3/t9-,10-/m0/s1. The smallest absolute Gasteiger partial charge is 0.136 e. The molecule has 2 heteroatoms. The fourth-order valence-corrected chi connectivity index (χ4v) is 2.91. The minimum absolute atomic E-state index is 0.281. The van der Waals surface area contributed by atoms with Crippen molar-refractivity contribution < 1.29 is 0 Å². The van der Waals surface area contributed by atoms with Gasteiger partial charge >= 0.3 is 0 Å². The summed E-state index contributed by atoms with van der Waals surface area (Å²) >= 11 is 0. The molecule has 14 heavy (non-hydrogen) atoms. The molecule has 0 amide bonds. The summed E-state index contributed by atoms with van der Waals surface area (Å²) in [5.41, 5.74) is 0.300. The van der Waals surface area contributed by atoms with E-state index in [9.17, 15) is 0 Å². The van der Waals surface area contributed by atoms with E-state index in [1.165, 1.54) is 6.42 Å². The van der Waals surface area contributed by atoms with Crippen LogP contribution in [-0.2, 0) is 0 Å². The lowest BCUT2D eigenvalue weighted by Gasteiger charge is -2.39. The van der Waals surface area contributed by atoms with Crippen LogP contribution in [0.25, 0.3) is 0 Å². The number of nitrogens with zero attached hydrogens (tertiary/aromatic N) is 2. The summed E-state index contributed by atoms with van der Waals surface area (Å²) in [6.07, 6.45) is 3.27. The summed E-state index contributed by atoms with van der Waals surface area (Å²) in [6, 6.07) is 4.24. The lowest BCUT2D eigenvalue weighted by Crippen LogP contribution is -2.30. The second-order valence-electron chi connectivity index (χ2n) is 5.41. The van der Waals surface area contributed by atoms with Crippen molar-refractivity contribution in [3.05, 3.63) is 0 Å². The molecule has 1 aliphatic rings. The molecule has 1 fully saturated rings. The van der Waals surface area contributed by atoms with E-state index in [2.05, 4.69) is 32.9 Å². The fourth-order valence-electron chi connectivity index (χ4n) is 2.91. The van der Waals surface area contributed by atoms with E-state index in [-0.39, 0.29) is 5.92 Å². The molecule has 0 heterocycles. The maximum atomic E-state index is 8.86. The molecule has 76 valence electrons. The Kier molecular flexibility index (Phi) is 3.17. The first-order chi connectivity index (χ1) is 6.48. The lowest BCUT2D eigenvalue weighted by atomic mass is 9.65. The number of rotatable bonds is 1. The molecule has 2 nitrogen and oxygen atoms in total. The van der Waals surface area contributed by atoms with E-state index < -0.39 is 5.92 Å². The van der Waals surface area contributed by atoms with E-state index in [4.69, 9.17) is 10.5 Å². The highest BCUT2D eigenvalue weighted by molar-refractivity contribution is 5.04. The topological polar surface area (TPSA) is 47.6 Å². The van der Waals surface area contributed by atoms with Crippen molar-refractivity contribution in [1.29, 1.82) is 10.5 Å². The Bertz CT molecular complexity index is 266. The molecule has 0 unspecified atom stereocenters. The van der Waals surface area contributed by atoms with Gasteiger partial charge in [0.25, 0.3) is 0 Å². The van der Waals surface area contributed by atoms with Gasteiger partial charge in [-0.3, -0.25) is 0 Å². The Labute approximate surface area is 86.5 Å². The summed E-state index contributed by atoms with van der Waals surface area (Å²) in [5.74, 6) is 0.522. The SMILES string of the molecule is C[C@H]1C[C@H](C(C#N)C#N)CC(C)(C)C1. The van der Waals surface area contributed by atoms with Gasteiger partial charge < -0.3 is 0 Å². The molecule has 0 aromatic rings. The number of hydrogen-bond acceptors (Lipinski definition) is 2. The van der Waals surface area contributed by atoms with Crippen molar-refractivity contribution in [1.82, 2.24) is 0 Å². The Morgan fingerprint density at radius 3 is 2.21 bits per heavy atom. The van der Waals surface area contributed by atoms with Gasteiger partial charge in [0, 0.05) is 0 Å². The summed E-state index contributed by atoms with van der Waals surface area (Å²) in [4.78, 5) is 0. The second kappa shape index (κ2) is 4.01. The van der Waals surface area contributed by atoms with E-state index in [0.717, 1.165) is 12.8 Å². The maximum absolute atomic E-state index is 8.86. The lowest BCUT2D eigenvalue weighted by molar-refractivity contribution is 0.121. The van der Waals surface area contributed by atoms with Crippen LogP contribution in [-0.4, -0.2) is 0 Å². The van der Waals surface area contributed by atoms with Crippen LogP contribution in [0.15, 0.2) is 0 Å². The molecule has 1 saturated carbocycles. The van der Waals surface area contributed by atoms with Gasteiger partial charge in [0.2, 0.25) is 0 Å². The summed E-state index contributed by atoms with van der Waals surface area (Å²) in [5, 5.41) is 17.7. The molecule has 1 aliphatic carbocycles. The Balaban J connectivity index is 2.73. The van der Waals surface area contributed by atoms with Crippen molar-refractivity contribution in [2.45, 2.75) is 40.0 Å². The molecule has 2 atom stereocenters. The Morgan fingerprint density at radius 1 is 1.21 bits per heavy atom. The van der Waals surface area contributed by atoms with Crippen LogP contribution in [0.5, 0.6) is 0 Å². The van der Waals surface area contributed by atoms with Gasteiger partial charge in [-0.1, -0.05) is 20.8 Å². The third-order valence-electron chi connectivity index (χ3n) is 3.17. The first-order valence-electron chi connectivity index (χ1n) is 5.28. The van der Waals surface area contributed by atoms with Crippen LogP contribution in [0.4, 0.5) is 0 Å². The predicted molar refractivity (Wildman–Crippen MR) is 55.0 cm³/mol. The highest BCUT2D eigenvalue weighted by Gasteiger charge is 2.35. The monoisotopic (exact) mass is 190 g/mol. The minimum atomic E-state index is -0.406. The van der Waals surface area contributed by atoms with Crippen molar-refractivity contribution >= 4 is 0 Å². The van der Waals surface area contributed by atoms with E-state index in [0.29, 0.717) is 11.3 Å². The average molecular weight is 190 g/mol. The Hall–Kier alpha value is -1.02. The zero-order valence-electron chi connectivity index (χ0n) is 9.25. The molecule has 0 bridgehead atoms. The third-order valence-corrected chi connectivity index (χ3v) is 3.17. The van der Waals surface area contributed by atoms with Crippen molar-refractivity contribution in [2.75, 3.05) is 0 Å². The second-order valence-corrected chi connectivity index (χ2v) is 5.41. The van der Waals surface area contributed by atoms with Crippen LogP contribution in [0.2, 0.25) is 0 Å². The molecule has 0 spiro atoms. The zero-order chi connectivity index (χ0) is 10.8. The van der Waals surface area contributed by atoms with Gasteiger partial charge in [-0.2, -0.15) is 10.5 Å². The van der Waals surface area contributed by atoms with E-state index >= 15 is 0 Å². The molecule has 0 saturated heterocycles.